The summed E-state index contributed by atoms with van der Waals surface area (Å²) < 4.78 is 16.9. The average molecular weight is 934 g/mol. The molecule has 0 saturated heterocycles. The molecule has 0 radical (unpaired) electrons. The second kappa shape index (κ2) is 56.0. The van der Waals surface area contributed by atoms with E-state index in [-0.39, 0.29) is 31.1 Å². The van der Waals surface area contributed by atoms with Crippen molar-refractivity contribution < 1.29 is 28.6 Å². The van der Waals surface area contributed by atoms with Gasteiger partial charge in [-0.15, -0.1) is 0 Å². The molecule has 0 aliphatic rings. The van der Waals surface area contributed by atoms with Gasteiger partial charge in [-0.25, -0.2) is 0 Å². The van der Waals surface area contributed by atoms with E-state index >= 15 is 0 Å². The first-order valence-electron chi connectivity index (χ1n) is 30.0. The van der Waals surface area contributed by atoms with Crippen molar-refractivity contribution in [2.45, 2.75) is 354 Å². The zero-order valence-corrected chi connectivity index (χ0v) is 45.0. The van der Waals surface area contributed by atoms with E-state index in [1.807, 2.05) is 0 Å². The lowest BCUT2D eigenvalue weighted by molar-refractivity contribution is -0.167. The molecule has 0 fully saturated rings. The third-order valence-electron chi connectivity index (χ3n) is 13.9. The van der Waals surface area contributed by atoms with Gasteiger partial charge in [0.15, 0.2) is 6.10 Å². The van der Waals surface area contributed by atoms with Gasteiger partial charge in [0.05, 0.1) is 0 Å². The van der Waals surface area contributed by atoms with Gasteiger partial charge in [-0.3, -0.25) is 14.4 Å². The molecule has 0 N–H and O–H groups in total. The maximum absolute atomic E-state index is 12.9. The van der Waals surface area contributed by atoms with Crippen LogP contribution in [-0.2, 0) is 28.6 Å². The number of hydrogen-bond acceptors (Lipinski definition) is 6. The molecular formula is C60H116O6. The van der Waals surface area contributed by atoms with Gasteiger partial charge < -0.3 is 14.2 Å². The maximum atomic E-state index is 12.9. The normalized spacial score (nSPS) is 11.9. The fourth-order valence-electron chi connectivity index (χ4n) is 9.33. The molecule has 392 valence electrons. The lowest BCUT2D eigenvalue weighted by atomic mass is 10.0. The zero-order valence-electron chi connectivity index (χ0n) is 45.0. The molecule has 66 heavy (non-hydrogen) atoms. The molecule has 0 rings (SSSR count). The van der Waals surface area contributed by atoms with E-state index in [2.05, 4.69) is 20.8 Å². The van der Waals surface area contributed by atoms with Crippen LogP contribution in [0.25, 0.3) is 0 Å². The summed E-state index contributed by atoms with van der Waals surface area (Å²) in [6, 6.07) is 0. The molecule has 0 amide bonds. The van der Waals surface area contributed by atoms with Crippen LogP contribution in [0.1, 0.15) is 348 Å². The van der Waals surface area contributed by atoms with Gasteiger partial charge in [-0.05, 0) is 19.3 Å². The zero-order chi connectivity index (χ0) is 47.9. The first-order chi connectivity index (χ1) is 32.5. The van der Waals surface area contributed by atoms with Crippen molar-refractivity contribution >= 4 is 17.9 Å². The van der Waals surface area contributed by atoms with Crippen molar-refractivity contribution in [3.8, 4) is 0 Å². The molecule has 0 aliphatic heterocycles. The summed E-state index contributed by atoms with van der Waals surface area (Å²) in [7, 11) is 0. The van der Waals surface area contributed by atoms with Crippen molar-refractivity contribution in [2.24, 2.45) is 0 Å². The van der Waals surface area contributed by atoms with Crippen LogP contribution in [0.15, 0.2) is 0 Å². The highest BCUT2D eigenvalue weighted by Crippen LogP contribution is 2.18. The van der Waals surface area contributed by atoms with Gasteiger partial charge in [-0.2, -0.15) is 0 Å². The Kier molecular flexibility index (Phi) is 54.7. The van der Waals surface area contributed by atoms with Crippen LogP contribution in [0.3, 0.4) is 0 Å². The molecule has 6 nitrogen and oxygen atoms in total. The number of esters is 3. The van der Waals surface area contributed by atoms with E-state index in [1.54, 1.807) is 0 Å². The Hall–Kier alpha value is -1.59. The standard InChI is InChI=1S/C60H116O6/c1-4-7-10-13-16-19-22-25-28-30-33-36-39-42-45-48-51-54-60(63)66-57(55-64-58(61)52-49-46-43-40-37-34-31-27-24-21-18-15-12-9-6-3)56-65-59(62)53-50-47-44-41-38-35-32-29-26-23-20-17-14-11-8-5-2/h57H,4-56H2,1-3H3/t57-/m1/s1. The molecule has 1 atom stereocenters. The van der Waals surface area contributed by atoms with E-state index in [9.17, 15) is 14.4 Å². The minimum atomic E-state index is -0.761. The highest BCUT2D eigenvalue weighted by molar-refractivity contribution is 5.71. The number of carbonyl (C=O) groups excluding carboxylic acids is 3. The third kappa shape index (κ3) is 53.4. The number of ether oxygens (including phenoxy) is 3. The van der Waals surface area contributed by atoms with Gasteiger partial charge in [0, 0.05) is 19.3 Å². The molecule has 0 unspecified atom stereocenters. The summed E-state index contributed by atoms with van der Waals surface area (Å²) in [5.41, 5.74) is 0. The van der Waals surface area contributed by atoms with Gasteiger partial charge in [0.25, 0.3) is 0 Å². The Morgan fingerprint density at radius 3 is 0.606 bits per heavy atom. The minimum Gasteiger partial charge on any atom is -0.462 e. The van der Waals surface area contributed by atoms with Crippen LogP contribution in [0, 0.1) is 0 Å². The lowest BCUT2D eigenvalue weighted by Gasteiger charge is -2.18. The summed E-state index contributed by atoms with van der Waals surface area (Å²) in [4.78, 5) is 38.2. The van der Waals surface area contributed by atoms with Gasteiger partial charge in [0.1, 0.15) is 13.2 Å². The minimum absolute atomic E-state index is 0.0608. The Balaban J connectivity index is 4.29. The first-order valence-corrected chi connectivity index (χ1v) is 30.0. The number of carbonyl (C=O) groups is 3. The molecule has 0 heterocycles. The molecule has 0 bridgehead atoms. The van der Waals surface area contributed by atoms with Crippen LogP contribution in [0.5, 0.6) is 0 Å². The quantitative estimate of drug-likeness (QED) is 0.0343. The SMILES string of the molecule is CCCCCCCCCCCCCCCCCCCC(=O)O[C@H](COC(=O)CCCCCCCCCCCCCCCCC)COC(=O)CCCCCCCCCCCCCCCCCC. The molecule has 0 aromatic rings. The van der Waals surface area contributed by atoms with Crippen LogP contribution in [0.4, 0.5) is 0 Å². The third-order valence-corrected chi connectivity index (χ3v) is 13.9. The Bertz CT molecular complexity index is 982. The summed E-state index contributed by atoms with van der Waals surface area (Å²) in [6.45, 7) is 6.72. The second-order valence-corrected chi connectivity index (χ2v) is 20.6. The number of rotatable bonds is 56. The van der Waals surface area contributed by atoms with E-state index in [1.165, 1.54) is 250 Å². The highest BCUT2D eigenvalue weighted by Gasteiger charge is 2.19. The van der Waals surface area contributed by atoms with E-state index < -0.39 is 6.10 Å². The van der Waals surface area contributed by atoms with E-state index in [0.717, 1.165) is 57.8 Å². The van der Waals surface area contributed by atoms with E-state index in [4.69, 9.17) is 14.2 Å². The Labute approximate surface area is 412 Å². The van der Waals surface area contributed by atoms with Crippen molar-refractivity contribution in [2.75, 3.05) is 13.2 Å². The molecule has 6 heteroatoms. The predicted molar refractivity (Wildman–Crippen MR) is 284 cm³/mol. The average Bonchev–Trinajstić information content (AvgIpc) is 3.31. The second-order valence-electron chi connectivity index (χ2n) is 20.6. The molecular weight excluding hydrogens is 817 g/mol. The van der Waals surface area contributed by atoms with E-state index in [0.29, 0.717) is 19.3 Å². The van der Waals surface area contributed by atoms with Crippen molar-refractivity contribution in [1.29, 1.82) is 0 Å². The maximum Gasteiger partial charge on any atom is 0.306 e. The largest absolute Gasteiger partial charge is 0.462 e. The highest BCUT2D eigenvalue weighted by atomic mass is 16.6. The summed E-state index contributed by atoms with van der Waals surface area (Å²) in [6.07, 6.45) is 62.3. The van der Waals surface area contributed by atoms with Gasteiger partial charge in [-0.1, -0.05) is 310 Å². The molecule has 0 aliphatic carbocycles. The van der Waals surface area contributed by atoms with Crippen LogP contribution < -0.4 is 0 Å². The summed E-state index contributed by atoms with van der Waals surface area (Å²) in [5, 5.41) is 0. The predicted octanol–water partition coefficient (Wildman–Crippen LogP) is 19.9. The molecule has 0 aromatic carbocycles. The fourth-order valence-corrected chi connectivity index (χ4v) is 9.33. The summed E-state index contributed by atoms with van der Waals surface area (Å²) in [5.74, 6) is -0.828. The van der Waals surface area contributed by atoms with Gasteiger partial charge >= 0.3 is 17.9 Å². The summed E-state index contributed by atoms with van der Waals surface area (Å²) >= 11 is 0. The number of hydrogen-bond donors (Lipinski definition) is 0. The monoisotopic (exact) mass is 933 g/mol. The smallest absolute Gasteiger partial charge is 0.306 e. The molecule has 0 saturated carbocycles. The van der Waals surface area contributed by atoms with Crippen molar-refractivity contribution in [1.82, 2.24) is 0 Å². The van der Waals surface area contributed by atoms with Crippen molar-refractivity contribution in [3.05, 3.63) is 0 Å². The number of unbranched alkanes of at least 4 members (excludes halogenated alkanes) is 45. The molecule has 0 spiro atoms. The van der Waals surface area contributed by atoms with Crippen molar-refractivity contribution in [3.63, 3.8) is 0 Å². The van der Waals surface area contributed by atoms with Gasteiger partial charge in [0.2, 0.25) is 0 Å². The van der Waals surface area contributed by atoms with Crippen LogP contribution in [0.2, 0.25) is 0 Å². The van der Waals surface area contributed by atoms with Crippen LogP contribution >= 0.6 is 0 Å². The lowest BCUT2D eigenvalue weighted by Crippen LogP contribution is -2.30. The fraction of sp³-hybridized carbons (Fsp3) is 0.950. The topological polar surface area (TPSA) is 78.9 Å². The van der Waals surface area contributed by atoms with Crippen LogP contribution in [-0.4, -0.2) is 37.2 Å². The Morgan fingerprint density at radius 1 is 0.242 bits per heavy atom. The first kappa shape index (κ1) is 64.4. The molecule has 0 aromatic heterocycles. The Morgan fingerprint density at radius 2 is 0.409 bits per heavy atom.